The fraction of sp³-hybridized carbons (Fsp3) is 0. The van der Waals surface area contributed by atoms with Gasteiger partial charge in [-0.25, -0.2) is 4.98 Å². The minimum atomic E-state index is -0.101. The lowest BCUT2D eigenvalue weighted by molar-refractivity contribution is 0.102. The van der Waals surface area contributed by atoms with E-state index in [1.54, 1.807) is 18.5 Å². The van der Waals surface area contributed by atoms with Crippen molar-refractivity contribution in [2.75, 3.05) is 5.32 Å². The lowest BCUT2D eigenvalue weighted by Crippen LogP contribution is -2.10. The van der Waals surface area contributed by atoms with E-state index in [0.29, 0.717) is 5.56 Å². The Morgan fingerprint density at radius 3 is 3.18 bits per heavy atom. The van der Waals surface area contributed by atoms with Crippen molar-refractivity contribution in [1.29, 1.82) is 0 Å². The summed E-state index contributed by atoms with van der Waals surface area (Å²) >= 11 is 1.50. The first-order valence-corrected chi connectivity index (χ1v) is 6.04. The van der Waals surface area contributed by atoms with E-state index < -0.39 is 0 Å². The van der Waals surface area contributed by atoms with E-state index in [-0.39, 0.29) is 5.91 Å². The highest BCUT2D eigenvalue weighted by atomic mass is 32.1. The second kappa shape index (κ2) is 4.03. The lowest BCUT2D eigenvalue weighted by Gasteiger charge is -2.01. The molecule has 0 aliphatic heterocycles. The smallest absolute Gasteiger partial charge is 0.256 e. The Balaban J connectivity index is 1.93. The number of thiophene rings is 1. The fourth-order valence-corrected chi connectivity index (χ4v) is 2.28. The number of hydrogen-bond acceptors (Lipinski definition) is 3. The molecule has 0 atom stereocenters. The van der Waals surface area contributed by atoms with Crippen molar-refractivity contribution in [1.82, 2.24) is 9.97 Å². The number of rotatable bonds is 2. The molecule has 0 unspecified atom stereocenters. The van der Waals surface area contributed by atoms with Gasteiger partial charge in [-0.3, -0.25) is 4.79 Å². The van der Waals surface area contributed by atoms with Crippen LogP contribution in [-0.2, 0) is 0 Å². The Morgan fingerprint density at radius 2 is 2.35 bits per heavy atom. The Morgan fingerprint density at radius 1 is 1.41 bits per heavy atom. The lowest BCUT2D eigenvalue weighted by atomic mass is 10.3. The average molecular weight is 243 g/mol. The molecule has 0 aliphatic carbocycles. The number of anilines is 1. The summed E-state index contributed by atoms with van der Waals surface area (Å²) in [6, 6.07) is 5.56. The summed E-state index contributed by atoms with van der Waals surface area (Å²) in [5.41, 5.74) is 2.20. The number of aromatic amines is 1. The first-order valence-electron chi connectivity index (χ1n) is 5.10. The molecule has 84 valence electrons. The van der Waals surface area contributed by atoms with Crippen LogP contribution in [0.2, 0.25) is 0 Å². The zero-order valence-corrected chi connectivity index (χ0v) is 9.62. The van der Waals surface area contributed by atoms with Gasteiger partial charge in [0.25, 0.3) is 5.91 Å². The van der Waals surface area contributed by atoms with Crippen molar-refractivity contribution in [3.63, 3.8) is 0 Å². The summed E-state index contributed by atoms with van der Waals surface area (Å²) in [6.45, 7) is 0. The Hall–Kier alpha value is -2.14. The maximum Gasteiger partial charge on any atom is 0.256 e. The van der Waals surface area contributed by atoms with Crippen LogP contribution in [0.1, 0.15) is 10.4 Å². The van der Waals surface area contributed by atoms with Crippen LogP contribution in [0.25, 0.3) is 11.0 Å². The average Bonchev–Trinajstić information content (AvgIpc) is 2.98. The number of H-pyrrole nitrogens is 1. The van der Waals surface area contributed by atoms with Crippen molar-refractivity contribution in [3.8, 4) is 0 Å². The first kappa shape index (κ1) is 10.0. The number of nitrogens with zero attached hydrogens (tertiary/aromatic N) is 1. The van der Waals surface area contributed by atoms with Gasteiger partial charge in [0.15, 0.2) is 0 Å². The van der Waals surface area contributed by atoms with Crippen molar-refractivity contribution in [2.45, 2.75) is 0 Å². The summed E-state index contributed by atoms with van der Waals surface area (Å²) in [7, 11) is 0. The number of hydrogen-bond donors (Lipinski definition) is 2. The summed E-state index contributed by atoms with van der Waals surface area (Å²) in [5.74, 6) is -0.101. The number of pyridine rings is 1. The van der Waals surface area contributed by atoms with E-state index in [1.807, 2.05) is 22.9 Å². The molecule has 3 heterocycles. The number of fused-ring (bicyclic) bond motifs is 1. The molecule has 3 rings (SSSR count). The highest BCUT2D eigenvalue weighted by molar-refractivity contribution is 7.08. The van der Waals surface area contributed by atoms with Crippen LogP contribution < -0.4 is 5.32 Å². The molecule has 0 saturated carbocycles. The van der Waals surface area contributed by atoms with Gasteiger partial charge >= 0.3 is 0 Å². The number of nitrogens with one attached hydrogen (secondary N) is 2. The molecule has 3 aromatic heterocycles. The molecule has 5 heteroatoms. The van der Waals surface area contributed by atoms with Crippen molar-refractivity contribution in [3.05, 3.63) is 46.9 Å². The highest BCUT2D eigenvalue weighted by Crippen LogP contribution is 2.21. The van der Waals surface area contributed by atoms with Crippen LogP contribution >= 0.6 is 11.3 Å². The predicted octanol–water partition coefficient (Wildman–Crippen LogP) is 2.88. The molecule has 0 aliphatic rings. The SMILES string of the molecule is O=C(Nc1c[nH]c2ncccc12)c1ccsc1. The molecular weight excluding hydrogens is 234 g/mol. The normalized spacial score (nSPS) is 10.6. The molecule has 3 aromatic rings. The Kier molecular flexibility index (Phi) is 2.38. The van der Waals surface area contributed by atoms with Crippen LogP contribution in [0.3, 0.4) is 0 Å². The molecule has 0 aromatic carbocycles. The maximum absolute atomic E-state index is 11.9. The van der Waals surface area contributed by atoms with E-state index in [2.05, 4.69) is 15.3 Å². The first-order chi connectivity index (χ1) is 8.34. The third-order valence-corrected chi connectivity index (χ3v) is 3.17. The van der Waals surface area contributed by atoms with Crippen molar-refractivity contribution < 1.29 is 4.79 Å². The molecule has 0 radical (unpaired) electrons. The van der Waals surface area contributed by atoms with Crippen molar-refractivity contribution >= 4 is 34.0 Å². The second-order valence-corrected chi connectivity index (χ2v) is 4.35. The Bertz CT molecular complexity index is 657. The standard InChI is InChI=1S/C12H9N3OS/c16-12(8-3-5-17-7-8)15-10-6-14-11-9(10)2-1-4-13-11/h1-7H,(H,13,14)(H,15,16). The molecule has 0 fully saturated rings. The Labute approximate surface area is 101 Å². The third-order valence-electron chi connectivity index (χ3n) is 2.48. The van der Waals surface area contributed by atoms with Crippen LogP contribution in [-0.4, -0.2) is 15.9 Å². The molecule has 2 N–H and O–H groups in total. The van der Waals surface area contributed by atoms with Crippen LogP contribution in [0.4, 0.5) is 5.69 Å². The zero-order chi connectivity index (χ0) is 11.7. The molecule has 17 heavy (non-hydrogen) atoms. The van der Waals surface area contributed by atoms with E-state index in [4.69, 9.17) is 0 Å². The molecular formula is C12H9N3OS. The molecule has 0 spiro atoms. The number of carbonyl (C=O) groups excluding carboxylic acids is 1. The van der Waals surface area contributed by atoms with E-state index >= 15 is 0 Å². The van der Waals surface area contributed by atoms with Crippen LogP contribution in [0.5, 0.6) is 0 Å². The quantitative estimate of drug-likeness (QED) is 0.727. The van der Waals surface area contributed by atoms with Gasteiger partial charge in [-0.1, -0.05) is 0 Å². The van der Waals surface area contributed by atoms with Gasteiger partial charge in [-0.2, -0.15) is 11.3 Å². The summed E-state index contributed by atoms with van der Waals surface area (Å²) < 4.78 is 0. The summed E-state index contributed by atoms with van der Waals surface area (Å²) in [6.07, 6.45) is 3.46. The van der Waals surface area contributed by atoms with Gasteiger partial charge in [0.2, 0.25) is 0 Å². The topological polar surface area (TPSA) is 57.8 Å². The summed E-state index contributed by atoms with van der Waals surface area (Å²) in [5, 5.41) is 7.48. The second-order valence-electron chi connectivity index (χ2n) is 3.57. The van der Waals surface area contributed by atoms with Crippen molar-refractivity contribution in [2.24, 2.45) is 0 Å². The maximum atomic E-state index is 11.9. The zero-order valence-electron chi connectivity index (χ0n) is 8.81. The van der Waals surface area contributed by atoms with Gasteiger partial charge < -0.3 is 10.3 Å². The van der Waals surface area contributed by atoms with Crippen LogP contribution in [0, 0.1) is 0 Å². The highest BCUT2D eigenvalue weighted by Gasteiger charge is 2.09. The minimum Gasteiger partial charge on any atom is -0.344 e. The molecule has 0 bridgehead atoms. The van der Waals surface area contributed by atoms with Gasteiger partial charge in [0.1, 0.15) is 5.65 Å². The number of aromatic nitrogens is 2. The van der Waals surface area contributed by atoms with Gasteiger partial charge in [-0.05, 0) is 23.6 Å². The van der Waals surface area contributed by atoms with E-state index in [0.717, 1.165) is 16.7 Å². The predicted molar refractivity (Wildman–Crippen MR) is 68.4 cm³/mol. The molecule has 1 amide bonds. The largest absolute Gasteiger partial charge is 0.344 e. The number of carbonyl (C=O) groups is 1. The monoisotopic (exact) mass is 243 g/mol. The van der Waals surface area contributed by atoms with Crippen LogP contribution in [0.15, 0.2) is 41.4 Å². The van der Waals surface area contributed by atoms with Gasteiger partial charge in [-0.15, -0.1) is 0 Å². The minimum absolute atomic E-state index is 0.101. The molecule has 0 saturated heterocycles. The van der Waals surface area contributed by atoms with Gasteiger partial charge in [0.05, 0.1) is 11.3 Å². The number of amides is 1. The van der Waals surface area contributed by atoms with Gasteiger partial charge in [0, 0.05) is 23.2 Å². The third kappa shape index (κ3) is 1.81. The van der Waals surface area contributed by atoms with E-state index in [1.165, 1.54) is 11.3 Å². The molecule has 4 nitrogen and oxygen atoms in total. The fourth-order valence-electron chi connectivity index (χ4n) is 1.65. The summed E-state index contributed by atoms with van der Waals surface area (Å²) in [4.78, 5) is 19.1. The van der Waals surface area contributed by atoms with E-state index in [9.17, 15) is 4.79 Å².